The van der Waals surface area contributed by atoms with Gasteiger partial charge in [-0.2, -0.15) is 0 Å². The molecule has 1 aromatic carbocycles. The molecule has 0 spiro atoms. The van der Waals surface area contributed by atoms with E-state index < -0.39 is 0 Å². The summed E-state index contributed by atoms with van der Waals surface area (Å²) < 4.78 is 10.2. The molecular weight excluding hydrogens is 234 g/mol. The minimum absolute atomic E-state index is 0.663. The normalized spacial score (nSPS) is 10.7. The van der Waals surface area contributed by atoms with Gasteiger partial charge >= 0.3 is 0 Å². The highest BCUT2D eigenvalue weighted by atomic mass is 32.2. The zero-order valence-corrected chi connectivity index (χ0v) is 11.4. The zero-order valence-electron chi connectivity index (χ0n) is 10.6. The van der Waals surface area contributed by atoms with E-state index in [1.807, 2.05) is 0 Å². The highest BCUT2D eigenvalue weighted by Gasteiger charge is 1.94. The molecule has 4 heteroatoms. The lowest BCUT2D eigenvalue weighted by Crippen LogP contribution is -2.20. The molecular formula is C13H21NO2S. The predicted molar refractivity (Wildman–Crippen MR) is 72.6 cm³/mol. The van der Waals surface area contributed by atoms with Gasteiger partial charge in [0, 0.05) is 25.1 Å². The Morgan fingerprint density at radius 1 is 1.12 bits per heavy atom. The number of hydrogen-bond acceptors (Lipinski definition) is 4. The fourth-order valence-corrected chi connectivity index (χ4v) is 1.77. The average Bonchev–Trinajstić information content (AvgIpc) is 2.38. The van der Waals surface area contributed by atoms with E-state index in [0.717, 1.165) is 19.7 Å². The van der Waals surface area contributed by atoms with E-state index in [9.17, 15) is 0 Å². The lowest BCUT2D eigenvalue weighted by atomic mass is 10.2. The number of nitrogens with one attached hydrogen (secondary N) is 1. The lowest BCUT2D eigenvalue weighted by molar-refractivity contribution is 0.0719. The summed E-state index contributed by atoms with van der Waals surface area (Å²) in [6.45, 7) is 3.82. The summed E-state index contributed by atoms with van der Waals surface area (Å²) in [6, 6.07) is 8.61. The summed E-state index contributed by atoms with van der Waals surface area (Å²) in [7, 11) is 1.68. The van der Waals surface area contributed by atoms with Crippen LogP contribution in [-0.2, 0) is 16.0 Å². The van der Waals surface area contributed by atoms with Crippen LogP contribution in [0.3, 0.4) is 0 Å². The van der Waals surface area contributed by atoms with E-state index in [-0.39, 0.29) is 0 Å². The molecule has 0 heterocycles. The first-order chi connectivity index (χ1) is 8.36. The first-order valence-corrected chi connectivity index (χ1v) is 6.99. The molecule has 0 aliphatic heterocycles. The van der Waals surface area contributed by atoms with Crippen molar-refractivity contribution in [2.45, 2.75) is 11.4 Å². The minimum Gasteiger partial charge on any atom is -0.382 e. The molecule has 0 bridgehead atoms. The van der Waals surface area contributed by atoms with Gasteiger partial charge in [-0.25, -0.2) is 0 Å². The third-order valence-corrected chi connectivity index (χ3v) is 3.09. The number of hydrogen-bond donors (Lipinski definition) is 1. The van der Waals surface area contributed by atoms with Gasteiger partial charge in [-0.1, -0.05) is 12.1 Å². The van der Waals surface area contributed by atoms with Gasteiger partial charge in [0.15, 0.2) is 0 Å². The van der Waals surface area contributed by atoms with Crippen molar-refractivity contribution >= 4 is 11.8 Å². The van der Waals surface area contributed by atoms with Crippen molar-refractivity contribution < 1.29 is 9.47 Å². The second-order valence-corrected chi connectivity index (χ2v) is 4.51. The SMILES string of the molecule is COCCOCCNCc1ccc(SC)cc1. The van der Waals surface area contributed by atoms with Crippen molar-refractivity contribution in [1.82, 2.24) is 5.32 Å². The summed E-state index contributed by atoms with van der Waals surface area (Å²) >= 11 is 1.76. The van der Waals surface area contributed by atoms with Crippen LogP contribution in [0.4, 0.5) is 0 Å². The van der Waals surface area contributed by atoms with Crippen LogP contribution in [0, 0.1) is 0 Å². The first-order valence-electron chi connectivity index (χ1n) is 5.77. The van der Waals surface area contributed by atoms with Crippen LogP contribution in [-0.4, -0.2) is 39.7 Å². The molecule has 0 radical (unpaired) electrons. The lowest BCUT2D eigenvalue weighted by Gasteiger charge is -2.06. The van der Waals surface area contributed by atoms with Gasteiger partial charge in [0.2, 0.25) is 0 Å². The van der Waals surface area contributed by atoms with Crippen LogP contribution < -0.4 is 5.32 Å². The molecule has 0 aliphatic rings. The van der Waals surface area contributed by atoms with Crippen molar-refractivity contribution in [3.63, 3.8) is 0 Å². The third-order valence-electron chi connectivity index (χ3n) is 2.34. The third kappa shape index (κ3) is 6.68. The fourth-order valence-electron chi connectivity index (χ4n) is 1.36. The first kappa shape index (κ1) is 14.5. The van der Waals surface area contributed by atoms with E-state index in [0.29, 0.717) is 13.2 Å². The molecule has 0 fully saturated rings. The monoisotopic (exact) mass is 255 g/mol. The molecule has 1 aromatic rings. The number of ether oxygens (including phenoxy) is 2. The quantitative estimate of drug-likeness (QED) is 0.541. The molecule has 96 valence electrons. The number of rotatable bonds is 9. The highest BCUT2D eigenvalue weighted by Crippen LogP contribution is 2.14. The second kappa shape index (κ2) is 9.48. The van der Waals surface area contributed by atoms with Crippen LogP contribution in [0.1, 0.15) is 5.56 Å². The molecule has 0 unspecified atom stereocenters. The maximum absolute atomic E-state index is 5.36. The summed E-state index contributed by atoms with van der Waals surface area (Å²) in [5.74, 6) is 0. The maximum Gasteiger partial charge on any atom is 0.0700 e. The molecule has 0 saturated carbocycles. The van der Waals surface area contributed by atoms with Crippen molar-refractivity contribution in [3.8, 4) is 0 Å². The van der Waals surface area contributed by atoms with Gasteiger partial charge in [0.1, 0.15) is 0 Å². The molecule has 0 saturated heterocycles. The molecule has 17 heavy (non-hydrogen) atoms. The van der Waals surface area contributed by atoms with Crippen LogP contribution in [0.2, 0.25) is 0 Å². The van der Waals surface area contributed by atoms with Crippen LogP contribution in [0.5, 0.6) is 0 Å². The molecule has 3 nitrogen and oxygen atoms in total. The molecule has 0 aromatic heterocycles. The minimum atomic E-state index is 0.663. The van der Waals surface area contributed by atoms with Gasteiger partial charge in [0.05, 0.1) is 19.8 Å². The molecule has 1 N–H and O–H groups in total. The Labute approximate surface area is 108 Å². The summed E-state index contributed by atoms with van der Waals surface area (Å²) in [4.78, 5) is 1.30. The summed E-state index contributed by atoms with van der Waals surface area (Å²) in [5, 5.41) is 3.34. The Kier molecular flexibility index (Phi) is 8.09. The average molecular weight is 255 g/mol. The smallest absolute Gasteiger partial charge is 0.0700 e. The van der Waals surface area contributed by atoms with Crippen molar-refractivity contribution in [2.75, 3.05) is 39.7 Å². The Morgan fingerprint density at radius 3 is 2.53 bits per heavy atom. The van der Waals surface area contributed by atoms with Gasteiger partial charge in [-0.3, -0.25) is 0 Å². The fraction of sp³-hybridized carbons (Fsp3) is 0.538. The molecule has 1 rings (SSSR count). The highest BCUT2D eigenvalue weighted by molar-refractivity contribution is 7.98. The number of thioether (sulfide) groups is 1. The second-order valence-electron chi connectivity index (χ2n) is 3.63. The van der Waals surface area contributed by atoms with Gasteiger partial charge < -0.3 is 14.8 Å². The zero-order chi connectivity index (χ0) is 12.3. The Bertz CT molecular complexity index is 290. The van der Waals surface area contributed by atoms with E-state index in [1.54, 1.807) is 18.9 Å². The van der Waals surface area contributed by atoms with E-state index in [1.165, 1.54) is 10.5 Å². The van der Waals surface area contributed by atoms with Crippen molar-refractivity contribution in [2.24, 2.45) is 0 Å². The standard InChI is InChI=1S/C13H21NO2S/c1-15-9-10-16-8-7-14-11-12-3-5-13(17-2)6-4-12/h3-6,14H,7-11H2,1-2H3. The summed E-state index contributed by atoms with van der Waals surface area (Å²) in [6.07, 6.45) is 2.09. The Hall–Kier alpha value is -0.550. The van der Waals surface area contributed by atoms with Gasteiger partial charge in [-0.05, 0) is 24.0 Å². The Balaban J connectivity index is 2.05. The van der Waals surface area contributed by atoms with Crippen molar-refractivity contribution in [1.29, 1.82) is 0 Å². The number of methoxy groups -OCH3 is 1. The topological polar surface area (TPSA) is 30.5 Å². The Morgan fingerprint density at radius 2 is 1.88 bits per heavy atom. The van der Waals surface area contributed by atoms with E-state index >= 15 is 0 Å². The van der Waals surface area contributed by atoms with E-state index in [4.69, 9.17) is 9.47 Å². The molecule has 0 atom stereocenters. The van der Waals surface area contributed by atoms with Gasteiger partial charge in [-0.15, -0.1) is 11.8 Å². The predicted octanol–water partition coefficient (Wildman–Crippen LogP) is 2.16. The van der Waals surface area contributed by atoms with Crippen LogP contribution in [0.25, 0.3) is 0 Å². The van der Waals surface area contributed by atoms with Crippen LogP contribution >= 0.6 is 11.8 Å². The molecule has 0 amide bonds. The largest absolute Gasteiger partial charge is 0.382 e. The van der Waals surface area contributed by atoms with Crippen LogP contribution in [0.15, 0.2) is 29.2 Å². The van der Waals surface area contributed by atoms with Crippen molar-refractivity contribution in [3.05, 3.63) is 29.8 Å². The maximum atomic E-state index is 5.36. The number of benzene rings is 1. The summed E-state index contributed by atoms with van der Waals surface area (Å²) in [5.41, 5.74) is 1.31. The van der Waals surface area contributed by atoms with E-state index in [2.05, 4.69) is 35.8 Å². The molecule has 0 aliphatic carbocycles. The van der Waals surface area contributed by atoms with Gasteiger partial charge in [0.25, 0.3) is 0 Å².